The van der Waals surface area contributed by atoms with E-state index in [9.17, 15) is 4.79 Å². The lowest BCUT2D eigenvalue weighted by atomic mass is 10.2. The van der Waals surface area contributed by atoms with Gasteiger partial charge in [-0.3, -0.25) is 4.84 Å². The summed E-state index contributed by atoms with van der Waals surface area (Å²) < 4.78 is 10.4. The Bertz CT molecular complexity index is 401. The van der Waals surface area contributed by atoms with E-state index in [0.717, 1.165) is 5.06 Å². The maximum Gasteiger partial charge on any atom is 0.434 e. The summed E-state index contributed by atoms with van der Waals surface area (Å²) in [6, 6.07) is 0. The van der Waals surface area contributed by atoms with Crippen molar-refractivity contribution in [1.82, 2.24) is 10.0 Å². The van der Waals surface area contributed by atoms with Crippen LogP contribution in [0.15, 0.2) is 16.9 Å². The molecular weight excluding hydrogens is 248 g/mol. The first kappa shape index (κ1) is 15.5. The fraction of sp³-hybridized carbons (Fsp3) is 0.692. The van der Waals surface area contributed by atoms with Crippen molar-refractivity contribution in [2.75, 3.05) is 0 Å². The van der Waals surface area contributed by atoms with E-state index in [0.29, 0.717) is 5.89 Å². The monoisotopic (exact) mass is 270 g/mol. The van der Waals surface area contributed by atoms with Gasteiger partial charge >= 0.3 is 6.09 Å². The van der Waals surface area contributed by atoms with Crippen LogP contribution >= 0.6 is 0 Å². The van der Waals surface area contributed by atoms with Crippen molar-refractivity contribution >= 4 is 6.09 Å². The highest BCUT2D eigenvalue weighted by Crippen LogP contribution is 2.17. The minimum absolute atomic E-state index is 0.0964. The molecule has 0 spiro atoms. The van der Waals surface area contributed by atoms with Crippen molar-refractivity contribution in [3.8, 4) is 0 Å². The Labute approximate surface area is 113 Å². The number of ether oxygens (including phenoxy) is 1. The van der Waals surface area contributed by atoms with Crippen molar-refractivity contribution in [2.45, 2.75) is 59.3 Å². The van der Waals surface area contributed by atoms with E-state index >= 15 is 0 Å². The summed E-state index contributed by atoms with van der Waals surface area (Å²) in [7, 11) is 0. The van der Waals surface area contributed by atoms with Crippen LogP contribution in [0.2, 0.25) is 0 Å². The summed E-state index contributed by atoms with van der Waals surface area (Å²) in [4.78, 5) is 21.6. The highest BCUT2D eigenvalue weighted by atomic mass is 16.7. The van der Waals surface area contributed by atoms with Crippen molar-refractivity contribution in [2.24, 2.45) is 0 Å². The standard InChI is InChI=1S/C13H22N2O4/c1-12(2,3)18-11(16)15(19-13(4,5)6)9-10-14-7-8-17-10/h7-8H,9H2,1-6H3. The van der Waals surface area contributed by atoms with Gasteiger partial charge < -0.3 is 9.15 Å². The Balaban J connectivity index is 2.77. The Morgan fingerprint density at radius 1 is 1.26 bits per heavy atom. The molecule has 1 heterocycles. The molecule has 1 aromatic rings. The Kier molecular flexibility index (Phi) is 4.57. The van der Waals surface area contributed by atoms with Crippen LogP contribution in [0.25, 0.3) is 0 Å². The number of oxazole rings is 1. The number of nitrogens with zero attached hydrogens (tertiary/aromatic N) is 2. The molecular formula is C13H22N2O4. The first-order valence-electron chi connectivity index (χ1n) is 6.15. The van der Waals surface area contributed by atoms with Crippen molar-refractivity contribution in [1.29, 1.82) is 0 Å². The largest absolute Gasteiger partial charge is 0.447 e. The topological polar surface area (TPSA) is 64.8 Å². The quantitative estimate of drug-likeness (QED) is 0.789. The number of hydrogen-bond donors (Lipinski definition) is 0. The molecule has 0 aliphatic heterocycles. The average Bonchev–Trinajstić information content (AvgIpc) is 2.64. The van der Waals surface area contributed by atoms with Gasteiger partial charge in [-0.2, -0.15) is 5.06 Å². The summed E-state index contributed by atoms with van der Waals surface area (Å²) in [6.45, 7) is 11.0. The number of amides is 1. The number of carbonyl (C=O) groups excluding carboxylic acids is 1. The maximum atomic E-state index is 12.1. The summed E-state index contributed by atoms with van der Waals surface area (Å²) in [5, 5.41) is 1.12. The SMILES string of the molecule is CC(C)(C)OC(=O)N(Cc1ncco1)OC(C)(C)C. The van der Waals surface area contributed by atoms with E-state index < -0.39 is 17.3 Å². The predicted octanol–water partition coefficient (Wildman–Crippen LogP) is 3.14. The molecule has 0 saturated heterocycles. The molecule has 0 saturated carbocycles. The second-order valence-corrected chi connectivity index (χ2v) is 6.15. The molecule has 0 aliphatic carbocycles. The number of carbonyl (C=O) groups is 1. The lowest BCUT2D eigenvalue weighted by molar-refractivity contribution is -0.218. The first-order valence-corrected chi connectivity index (χ1v) is 6.15. The maximum absolute atomic E-state index is 12.1. The molecule has 0 bridgehead atoms. The fourth-order valence-corrected chi connectivity index (χ4v) is 1.23. The molecule has 0 radical (unpaired) electrons. The lowest BCUT2D eigenvalue weighted by Gasteiger charge is -2.30. The van der Waals surface area contributed by atoms with Crippen LogP contribution in [0.1, 0.15) is 47.4 Å². The number of rotatable bonds is 3. The van der Waals surface area contributed by atoms with Gasteiger partial charge in [0.1, 0.15) is 18.4 Å². The van der Waals surface area contributed by atoms with Gasteiger partial charge in [-0.05, 0) is 41.5 Å². The third-order valence-electron chi connectivity index (χ3n) is 1.74. The third kappa shape index (κ3) is 6.24. The minimum atomic E-state index is -0.590. The van der Waals surface area contributed by atoms with Crippen LogP contribution in [0.5, 0.6) is 0 Å². The lowest BCUT2D eigenvalue weighted by Crippen LogP contribution is -2.41. The van der Waals surface area contributed by atoms with Gasteiger partial charge in [-0.25, -0.2) is 9.78 Å². The molecule has 0 unspecified atom stereocenters. The molecule has 0 N–H and O–H groups in total. The summed E-state index contributed by atoms with van der Waals surface area (Å²) in [5.74, 6) is 0.384. The van der Waals surface area contributed by atoms with E-state index in [1.54, 1.807) is 20.8 Å². The number of aromatic nitrogens is 1. The zero-order valence-electron chi connectivity index (χ0n) is 12.4. The third-order valence-corrected chi connectivity index (χ3v) is 1.74. The van der Waals surface area contributed by atoms with Crippen molar-refractivity contribution in [3.63, 3.8) is 0 Å². The molecule has 19 heavy (non-hydrogen) atoms. The van der Waals surface area contributed by atoms with Gasteiger partial charge in [0.15, 0.2) is 0 Å². The molecule has 1 aromatic heterocycles. The first-order chi connectivity index (χ1) is 8.57. The average molecular weight is 270 g/mol. The normalized spacial score (nSPS) is 12.3. The van der Waals surface area contributed by atoms with Gasteiger partial charge in [0.2, 0.25) is 5.89 Å². The van der Waals surface area contributed by atoms with E-state index in [1.165, 1.54) is 12.5 Å². The van der Waals surface area contributed by atoms with Crippen LogP contribution in [0, 0.1) is 0 Å². The van der Waals surface area contributed by atoms with Crippen LogP contribution in [0.3, 0.4) is 0 Å². The molecule has 1 rings (SSSR count). The highest BCUT2D eigenvalue weighted by Gasteiger charge is 2.28. The zero-order valence-corrected chi connectivity index (χ0v) is 12.4. The van der Waals surface area contributed by atoms with Gasteiger partial charge in [0.25, 0.3) is 0 Å². The zero-order chi connectivity index (χ0) is 14.7. The van der Waals surface area contributed by atoms with E-state index in [-0.39, 0.29) is 6.54 Å². The highest BCUT2D eigenvalue weighted by molar-refractivity contribution is 5.66. The Morgan fingerprint density at radius 2 is 1.89 bits per heavy atom. The van der Waals surface area contributed by atoms with Gasteiger partial charge in [0, 0.05) is 0 Å². The summed E-state index contributed by atoms with van der Waals surface area (Å²) in [6.07, 6.45) is 2.39. The van der Waals surface area contributed by atoms with Crippen LogP contribution in [0.4, 0.5) is 4.79 Å². The second kappa shape index (κ2) is 5.61. The molecule has 0 aromatic carbocycles. The Morgan fingerprint density at radius 3 is 2.32 bits per heavy atom. The van der Waals surface area contributed by atoms with Crippen molar-refractivity contribution in [3.05, 3.63) is 18.4 Å². The summed E-state index contributed by atoms with van der Waals surface area (Å²) >= 11 is 0. The minimum Gasteiger partial charge on any atom is -0.447 e. The molecule has 0 atom stereocenters. The molecule has 6 heteroatoms. The van der Waals surface area contributed by atoms with Crippen LogP contribution in [-0.2, 0) is 16.1 Å². The second-order valence-electron chi connectivity index (χ2n) is 6.15. The van der Waals surface area contributed by atoms with E-state index in [4.69, 9.17) is 14.0 Å². The predicted molar refractivity (Wildman–Crippen MR) is 69.1 cm³/mol. The van der Waals surface area contributed by atoms with Crippen molar-refractivity contribution < 1.29 is 18.8 Å². The molecule has 0 fully saturated rings. The van der Waals surface area contributed by atoms with Crippen LogP contribution in [-0.4, -0.2) is 27.3 Å². The number of hydrogen-bond acceptors (Lipinski definition) is 5. The number of hydroxylamine groups is 2. The molecule has 6 nitrogen and oxygen atoms in total. The van der Waals surface area contributed by atoms with Gasteiger partial charge in [0.05, 0.1) is 11.8 Å². The Hall–Kier alpha value is -1.56. The molecule has 1 amide bonds. The molecule has 108 valence electrons. The summed E-state index contributed by atoms with van der Waals surface area (Å²) in [5.41, 5.74) is -1.11. The van der Waals surface area contributed by atoms with Gasteiger partial charge in [-0.1, -0.05) is 0 Å². The smallest absolute Gasteiger partial charge is 0.434 e. The molecule has 0 aliphatic rings. The van der Waals surface area contributed by atoms with Crippen LogP contribution < -0.4 is 0 Å². The van der Waals surface area contributed by atoms with E-state index in [2.05, 4.69) is 4.98 Å². The fourth-order valence-electron chi connectivity index (χ4n) is 1.23. The van der Waals surface area contributed by atoms with E-state index in [1.807, 2.05) is 20.8 Å². The van der Waals surface area contributed by atoms with Gasteiger partial charge in [-0.15, -0.1) is 0 Å².